The number of carbonyl (C=O) groups is 1. The lowest BCUT2D eigenvalue weighted by Crippen LogP contribution is -2.12. The molecule has 0 spiro atoms. The number of hydrogen-bond donors (Lipinski definition) is 1. The first-order valence-electron chi connectivity index (χ1n) is 4.35. The summed E-state index contributed by atoms with van der Waals surface area (Å²) in [6.07, 6.45) is 0.501. The van der Waals surface area contributed by atoms with Crippen LogP contribution < -0.4 is 0 Å². The Hall–Kier alpha value is -1.82. The molecule has 0 fully saturated rings. The Kier molecular flexibility index (Phi) is 3.24. The van der Waals surface area contributed by atoms with Gasteiger partial charge in [0.15, 0.2) is 0 Å². The third kappa shape index (κ3) is 2.60. The van der Waals surface area contributed by atoms with E-state index in [0.717, 1.165) is 5.56 Å². The number of rotatable bonds is 3. The highest BCUT2D eigenvalue weighted by Gasteiger charge is 2.10. The quantitative estimate of drug-likeness (QED) is 0.788. The van der Waals surface area contributed by atoms with Crippen molar-refractivity contribution in [2.45, 2.75) is 13.3 Å². The van der Waals surface area contributed by atoms with Crippen molar-refractivity contribution in [3.05, 3.63) is 35.4 Å². The molecule has 1 aromatic rings. The lowest BCUT2D eigenvalue weighted by Gasteiger charge is -2.05. The van der Waals surface area contributed by atoms with E-state index in [0.29, 0.717) is 12.0 Å². The highest BCUT2D eigenvalue weighted by atomic mass is 16.4. The molecule has 3 heteroatoms. The molecule has 0 bridgehead atoms. The summed E-state index contributed by atoms with van der Waals surface area (Å²) in [6.45, 7) is 1.67. The summed E-state index contributed by atoms with van der Waals surface area (Å²) in [5.41, 5.74) is 1.54. The molecule has 0 unspecified atom stereocenters. The van der Waals surface area contributed by atoms with Crippen molar-refractivity contribution in [3.8, 4) is 6.07 Å². The number of hydrogen-bond acceptors (Lipinski definition) is 2. The van der Waals surface area contributed by atoms with Crippen LogP contribution in [0.1, 0.15) is 18.1 Å². The number of carboxylic acid groups (broad SMARTS) is 1. The van der Waals surface area contributed by atoms with E-state index in [2.05, 4.69) is 0 Å². The molecule has 0 radical (unpaired) electrons. The summed E-state index contributed by atoms with van der Waals surface area (Å²) in [4.78, 5) is 10.6. The van der Waals surface area contributed by atoms with E-state index in [4.69, 9.17) is 10.4 Å². The van der Waals surface area contributed by atoms with Crippen LogP contribution in [0.25, 0.3) is 0 Å². The zero-order chi connectivity index (χ0) is 10.6. The van der Waals surface area contributed by atoms with Gasteiger partial charge in [0.25, 0.3) is 0 Å². The number of carboxylic acids is 1. The van der Waals surface area contributed by atoms with E-state index in [9.17, 15) is 4.79 Å². The lowest BCUT2D eigenvalue weighted by molar-refractivity contribution is -0.141. The molecule has 0 saturated heterocycles. The normalized spacial score (nSPS) is 11.7. The molecular formula is C11H11NO2. The number of aliphatic carboxylic acids is 1. The first kappa shape index (κ1) is 10.3. The Morgan fingerprint density at radius 3 is 2.50 bits per heavy atom. The maximum Gasteiger partial charge on any atom is 0.306 e. The average molecular weight is 189 g/mol. The molecular weight excluding hydrogens is 178 g/mol. The van der Waals surface area contributed by atoms with Crippen LogP contribution in [-0.2, 0) is 11.2 Å². The molecule has 1 atom stereocenters. The topological polar surface area (TPSA) is 61.1 Å². The van der Waals surface area contributed by atoms with E-state index < -0.39 is 5.97 Å². The third-order valence-corrected chi connectivity index (χ3v) is 2.05. The molecule has 14 heavy (non-hydrogen) atoms. The minimum absolute atomic E-state index is 0.386. The second-order valence-corrected chi connectivity index (χ2v) is 3.25. The van der Waals surface area contributed by atoms with Gasteiger partial charge in [-0.15, -0.1) is 0 Å². The van der Waals surface area contributed by atoms with E-state index in [1.54, 1.807) is 31.2 Å². The zero-order valence-electron chi connectivity index (χ0n) is 7.90. The van der Waals surface area contributed by atoms with Crippen molar-refractivity contribution in [1.82, 2.24) is 0 Å². The molecule has 0 aliphatic carbocycles. The summed E-state index contributed by atoms with van der Waals surface area (Å²) >= 11 is 0. The molecule has 0 saturated carbocycles. The van der Waals surface area contributed by atoms with Crippen molar-refractivity contribution in [1.29, 1.82) is 5.26 Å². The Balaban J connectivity index is 2.70. The fourth-order valence-electron chi connectivity index (χ4n) is 1.16. The Morgan fingerprint density at radius 1 is 1.50 bits per heavy atom. The van der Waals surface area contributed by atoms with Crippen LogP contribution >= 0.6 is 0 Å². The minimum atomic E-state index is -0.797. The lowest BCUT2D eigenvalue weighted by atomic mass is 10.0. The maximum absolute atomic E-state index is 10.6. The smallest absolute Gasteiger partial charge is 0.306 e. The molecule has 0 heterocycles. The minimum Gasteiger partial charge on any atom is -0.481 e. The van der Waals surface area contributed by atoms with Crippen LogP contribution in [0.5, 0.6) is 0 Å². The fourth-order valence-corrected chi connectivity index (χ4v) is 1.16. The van der Waals surface area contributed by atoms with Gasteiger partial charge in [0, 0.05) is 0 Å². The largest absolute Gasteiger partial charge is 0.481 e. The van der Waals surface area contributed by atoms with Crippen LogP contribution in [0.2, 0.25) is 0 Å². The summed E-state index contributed by atoms with van der Waals surface area (Å²) in [5.74, 6) is -1.18. The van der Waals surface area contributed by atoms with E-state index >= 15 is 0 Å². The van der Waals surface area contributed by atoms with Crippen LogP contribution in [0.4, 0.5) is 0 Å². The van der Waals surface area contributed by atoms with Gasteiger partial charge in [0.05, 0.1) is 17.6 Å². The van der Waals surface area contributed by atoms with Gasteiger partial charge in [-0.1, -0.05) is 19.1 Å². The molecule has 1 rings (SSSR count). The van der Waals surface area contributed by atoms with Gasteiger partial charge in [-0.2, -0.15) is 5.26 Å². The van der Waals surface area contributed by atoms with Gasteiger partial charge in [-0.25, -0.2) is 0 Å². The van der Waals surface area contributed by atoms with E-state index in [1.165, 1.54) is 0 Å². The van der Waals surface area contributed by atoms with Gasteiger partial charge in [-0.3, -0.25) is 4.79 Å². The average Bonchev–Trinajstić information content (AvgIpc) is 2.19. The predicted molar refractivity (Wildman–Crippen MR) is 51.7 cm³/mol. The SMILES string of the molecule is C[C@H](Cc1ccc(C#N)cc1)C(=O)O. The number of nitriles is 1. The van der Waals surface area contributed by atoms with Crippen molar-refractivity contribution in [2.24, 2.45) is 5.92 Å². The summed E-state index contributed by atoms with van der Waals surface area (Å²) in [6, 6.07) is 8.99. The number of nitrogens with zero attached hydrogens (tertiary/aromatic N) is 1. The molecule has 1 aromatic carbocycles. The zero-order valence-corrected chi connectivity index (χ0v) is 7.90. The second kappa shape index (κ2) is 4.43. The van der Waals surface area contributed by atoms with E-state index in [-0.39, 0.29) is 5.92 Å². The van der Waals surface area contributed by atoms with Crippen LogP contribution in [0.15, 0.2) is 24.3 Å². The van der Waals surface area contributed by atoms with Gasteiger partial charge in [0.2, 0.25) is 0 Å². The van der Waals surface area contributed by atoms with Gasteiger partial charge < -0.3 is 5.11 Å². The monoisotopic (exact) mass is 189 g/mol. The molecule has 0 amide bonds. The molecule has 3 nitrogen and oxygen atoms in total. The molecule has 0 aliphatic heterocycles. The highest BCUT2D eigenvalue weighted by molar-refractivity contribution is 5.69. The predicted octanol–water partition coefficient (Wildman–Crippen LogP) is 1.82. The Bertz CT molecular complexity index is 362. The standard InChI is InChI=1S/C11H11NO2/c1-8(11(13)14)6-9-2-4-10(7-12)5-3-9/h2-5,8H,6H2,1H3,(H,13,14)/t8-/m1/s1. The number of benzene rings is 1. The summed E-state index contributed by atoms with van der Waals surface area (Å²) in [5, 5.41) is 17.2. The molecule has 72 valence electrons. The van der Waals surface area contributed by atoms with Crippen molar-refractivity contribution < 1.29 is 9.90 Å². The maximum atomic E-state index is 10.6. The van der Waals surface area contributed by atoms with Gasteiger partial charge in [0.1, 0.15) is 0 Å². The molecule has 0 aliphatic rings. The van der Waals surface area contributed by atoms with Crippen molar-refractivity contribution in [3.63, 3.8) is 0 Å². The van der Waals surface area contributed by atoms with Crippen molar-refractivity contribution >= 4 is 5.97 Å². The first-order valence-corrected chi connectivity index (χ1v) is 4.35. The van der Waals surface area contributed by atoms with Crippen molar-refractivity contribution in [2.75, 3.05) is 0 Å². The highest BCUT2D eigenvalue weighted by Crippen LogP contribution is 2.09. The van der Waals surface area contributed by atoms with Gasteiger partial charge >= 0.3 is 5.97 Å². The Labute approximate surface area is 82.6 Å². The molecule has 0 aromatic heterocycles. The fraction of sp³-hybridized carbons (Fsp3) is 0.273. The third-order valence-electron chi connectivity index (χ3n) is 2.05. The summed E-state index contributed by atoms with van der Waals surface area (Å²) < 4.78 is 0. The Morgan fingerprint density at radius 2 is 2.07 bits per heavy atom. The van der Waals surface area contributed by atoms with Crippen LogP contribution in [0, 0.1) is 17.2 Å². The molecule has 1 N–H and O–H groups in total. The first-order chi connectivity index (χ1) is 6.63. The second-order valence-electron chi connectivity index (χ2n) is 3.25. The van der Waals surface area contributed by atoms with Crippen LogP contribution in [0.3, 0.4) is 0 Å². The van der Waals surface area contributed by atoms with E-state index in [1.807, 2.05) is 6.07 Å². The summed E-state index contributed by atoms with van der Waals surface area (Å²) in [7, 11) is 0. The van der Waals surface area contributed by atoms with Gasteiger partial charge in [-0.05, 0) is 24.1 Å². The van der Waals surface area contributed by atoms with Crippen LogP contribution in [-0.4, -0.2) is 11.1 Å².